The van der Waals surface area contributed by atoms with Gasteiger partial charge in [-0.25, -0.2) is 0 Å². The van der Waals surface area contributed by atoms with Crippen LogP contribution in [0.15, 0.2) is 0 Å². The maximum Gasteiger partial charge on any atom is 3.00 e. The molecule has 0 saturated carbocycles. The van der Waals surface area contributed by atoms with Crippen LogP contribution < -0.4 is 29.6 Å². The second-order valence-corrected chi connectivity index (χ2v) is 0. The van der Waals surface area contributed by atoms with E-state index in [1.165, 1.54) is 0 Å². The van der Waals surface area contributed by atoms with Gasteiger partial charge in [0.15, 0.2) is 0 Å². The summed E-state index contributed by atoms with van der Waals surface area (Å²) in [5, 5.41) is 0. The summed E-state index contributed by atoms with van der Waals surface area (Å²) in [5.41, 5.74) is 0. The summed E-state index contributed by atoms with van der Waals surface area (Å²) in [4.78, 5) is 0. The Morgan fingerprint density at radius 2 is 0.600 bits per heavy atom. The van der Waals surface area contributed by atoms with E-state index in [1.54, 1.807) is 0 Å². The van der Waals surface area contributed by atoms with Crippen molar-refractivity contribution in [3.63, 3.8) is 0 Å². The molecule has 0 unspecified atom stereocenters. The molecule has 0 spiro atoms. The molecule has 0 aromatic carbocycles. The molecule has 6 N–H and O–H groups in total. The van der Waals surface area contributed by atoms with E-state index in [0.29, 0.717) is 0 Å². The van der Waals surface area contributed by atoms with Gasteiger partial charge in [-0.15, -0.1) is 0 Å². The average molecular weight is 104 g/mol. The summed E-state index contributed by atoms with van der Waals surface area (Å²) in [6.45, 7) is 0. The summed E-state index contributed by atoms with van der Waals surface area (Å²) in [5.74, 6) is 0. The van der Waals surface area contributed by atoms with Gasteiger partial charge in [0.2, 0.25) is 0 Å². The predicted molar refractivity (Wildman–Crippen MR) is 16.6 cm³/mol. The molecule has 0 rings (SSSR count). The van der Waals surface area contributed by atoms with Crippen molar-refractivity contribution in [1.29, 1.82) is 0 Å². The van der Waals surface area contributed by atoms with Gasteiger partial charge in [-0.1, -0.05) is 0 Å². The maximum atomic E-state index is 0. The molecule has 0 heterocycles. The summed E-state index contributed by atoms with van der Waals surface area (Å²) in [7, 11) is 0. The minimum Gasteiger partial charge on any atom is -0.412 e. The Labute approximate surface area is 63.1 Å². The number of hydrogen-bond acceptors (Lipinski definition) is 0. The van der Waals surface area contributed by atoms with Gasteiger partial charge < -0.3 is 16.4 Å². The van der Waals surface area contributed by atoms with Crippen molar-refractivity contribution in [3.8, 4) is 0 Å². The van der Waals surface area contributed by atoms with Gasteiger partial charge in [0, 0.05) is 0 Å². The van der Waals surface area contributed by atoms with E-state index in [0.717, 1.165) is 0 Å². The quantitative estimate of drug-likeness (QED) is 0.274. The first-order valence-corrected chi connectivity index (χ1v) is 0. The van der Waals surface area contributed by atoms with Gasteiger partial charge in [-0.05, 0) is 0 Å². The first-order chi connectivity index (χ1) is 0. The normalized spacial score (nSPS) is 0. The van der Waals surface area contributed by atoms with Crippen LogP contribution in [0.25, 0.3) is 0 Å². The van der Waals surface area contributed by atoms with Crippen LogP contribution in [0.2, 0.25) is 0 Å². The summed E-state index contributed by atoms with van der Waals surface area (Å²) in [6, 6.07) is 0. The van der Waals surface area contributed by atoms with Crippen LogP contribution in [0.4, 0.5) is 0 Å². The molecule has 0 bridgehead atoms. The Morgan fingerprint density at radius 3 is 0.600 bits per heavy atom. The molecule has 0 radical (unpaired) electrons. The topological polar surface area (TPSA) is 94.5 Å². The minimum atomic E-state index is 0. The first kappa shape index (κ1) is 94.2. The summed E-state index contributed by atoms with van der Waals surface area (Å²) < 4.78 is 0. The molecule has 0 fully saturated rings. The molecule has 5 heteroatoms. The van der Waals surface area contributed by atoms with Crippen LogP contribution in [0.1, 0.15) is 0 Å². The van der Waals surface area contributed by atoms with Crippen LogP contribution in [0, 0.1) is 0 Å². The van der Waals surface area contributed by atoms with Crippen molar-refractivity contribution in [2.24, 2.45) is 0 Å². The summed E-state index contributed by atoms with van der Waals surface area (Å²) >= 11 is 0. The zero-order valence-electron chi connectivity index (χ0n) is 3.08. The Balaban J connectivity index is 0. The Morgan fingerprint density at radius 1 is 0.600 bits per heavy atom. The van der Waals surface area contributed by atoms with Crippen molar-refractivity contribution >= 4 is 17.4 Å². The monoisotopic (exact) mass is 104 g/mol. The minimum absolute atomic E-state index is 0. The molecule has 5 heavy (non-hydrogen) atoms. The Bertz CT molecular complexity index is 6.85. The van der Waals surface area contributed by atoms with Gasteiger partial charge >= 0.3 is 46.9 Å². The molecule has 0 amide bonds. The molecule has 0 aliphatic heterocycles. The van der Waals surface area contributed by atoms with Crippen LogP contribution >= 0.6 is 0 Å². The summed E-state index contributed by atoms with van der Waals surface area (Å²) in [6.07, 6.45) is 0. The fraction of sp³-hybridized carbons (Fsp3) is 0. The molecule has 0 aliphatic carbocycles. The number of hydrogen-bond donors (Lipinski definition) is 0. The predicted octanol–water partition coefficient (Wildman–Crippen LogP) is -5.85. The van der Waals surface area contributed by atoms with Crippen LogP contribution in [-0.2, 0) is 0 Å². The molecule has 3 nitrogen and oxygen atoms in total. The third-order valence-corrected chi connectivity index (χ3v) is 0. The second-order valence-electron chi connectivity index (χ2n) is 0. The van der Waals surface area contributed by atoms with Gasteiger partial charge in [0.1, 0.15) is 0 Å². The fourth-order valence-corrected chi connectivity index (χ4v) is 0. The molecule has 24 valence electrons. The average Bonchev–Trinajstić information content (AvgIpc) is 0. The zero-order chi connectivity index (χ0) is 0. The van der Waals surface area contributed by atoms with Gasteiger partial charge in [0.05, 0.1) is 0 Å². The van der Waals surface area contributed by atoms with E-state index >= 15 is 0 Å². The third-order valence-electron chi connectivity index (χ3n) is 0. The second kappa shape index (κ2) is 52.8. The molecule has 0 atom stereocenters. The largest absolute Gasteiger partial charge is 3.00 e. The fourth-order valence-electron chi connectivity index (χ4n) is 0. The molecular weight excluding hydrogens is 98.0 g/mol. The van der Waals surface area contributed by atoms with Crippen LogP contribution in [-0.4, -0.2) is 33.8 Å². The van der Waals surface area contributed by atoms with Crippen LogP contribution in [0.3, 0.4) is 0 Å². The van der Waals surface area contributed by atoms with E-state index in [1.807, 2.05) is 0 Å². The van der Waals surface area contributed by atoms with Crippen molar-refractivity contribution in [2.75, 3.05) is 0 Å². The molecule has 0 saturated heterocycles. The van der Waals surface area contributed by atoms with Crippen molar-refractivity contribution < 1.29 is 46.0 Å². The van der Waals surface area contributed by atoms with E-state index in [2.05, 4.69) is 0 Å². The van der Waals surface area contributed by atoms with E-state index in [-0.39, 0.29) is 63.3 Å². The van der Waals surface area contributed by atoms with E-state index < -0.39 is 0 Å². The van der Waals surface area contributed by atoms with E-state index in [9.17, 15) is 0 Å². The van der Waals surface area contributed by atoms with Crippen LogP contribution in [0.5, 0.6) is 0 Å². The van der Waals surface area contributed by atoms with Crippen molar-refractivity contribution in [1.82, 2.24) is 0 Å². The van der Waals surface area contributed by atoms with Crippen molar-refractivity contribution in [2.45, 2.75) is 0 Å². The molecule has 0 aromatic rings. The molecular formula is H6AlNaO3+4. The standard InChI is InChI=1S/Al.Na.3H2O/h;;3*1H2/q+3;+1;;;. The molecule has 0 aromatic heterocycles. The first-order valence-electron chi connectivity index (χ1n) is 0. The van der Waals surface area contributed by atoms with Crippen molar-refractivity contribution in [3.05, 3.63) is 0 Å². The third kappa shape index (κ3) is 31.6. The smallest absolute Gasteiger partial charge is 0.412 e. The SMILES string of the molecule is O.O.O.[Al+3].[Na+]. The molecule has 0 aliphatic rings. The van der Waals surface area contributed by atoms with Gasteiger partial charge in [0.25, 0.3) is 0 Å². The van der Waals surface area contributed by atoms with E-state index in [4.69, 9.17) is 0 Å². The van der Waals surface area contributed by atoms with Gasteiger partial charge in [-0.2, -0.15) is 0 Å². The maximum absolute atomic E-state index is 0. The number of rotatable bonds is 0. The zero-order valence-corrected chi connectivity index (χ0v) is 6.23. The van der Waals surface area contributed by atoms with Gasteiger partial charge in [-0.3, -0.25) is 0 Å². The Hall–Kier alpha value is 1.41. The Kier molecular flexibility index (Phi) is 995.